The maximum Gasteiger partial charge on any atom is 0.472 e. The van der Waals surface area contributed by atoms with E-state index in [4.69, 9.17) is 19.1 Å². The molecule has 0 aliphatic rings. The molecule has 0 rings (SSSR count). The van der Waals surface area contributed by atoms with E-state index in [0.29, 0.717) is 12.8 Å². The average molecular weight is 777 g/mol. The number of allylic oxidation sites excluding steroid dienone is 2. The molecule has 3 atom stereocenters. The molecule has 0 spiro atoms. The lowest BCUT2D eigenvalue weighted by Gasteiger charge is -2.20. The van der Waals surface area contributed by atoms with Gasteiger partial charge in [0.05, 0.1) is 19.8 Å². The largest absolute Gasteiger partial charge is 0.472 e. The van der Waals surface area contributed by atoms with Crippen LogP contribution < -0.4 is 0 Å². The Morgan fingerprint density at radius 1 is 0.547 bits per heavy atom. The van der Waals surface area contributed by atoms with E-state index in [1.54, 1.807) is 0 Å². The van der Waals surface area contributed by atoms with Crippen molar-refractivity contribution in [3.05, 3.63) is 12.2 Å². The fourth-order valence-electron chi connectivity index (χ4n) is 6.05. The molecule has 0 amide bonds. The van der Waals surface area contributed by atoms with Crippen molar-refractivity contribution in [2.75, 3.05) is 26.4 Å². The van der Waals surface area contributed by atoms with Gasteiger partial charge in [0, 0.05) is 12.8 Å². The van der Waals surface area contributed by atoms with E-state index in [1.165, 1.54) is 116 Å². The van der Waals surface area contributed by atoms with E-state index in [0.717, 1.165) is 51.4 Å². The Labute approximate surface area is 324 Å². The summed E-state index contributed by atoms with van der Waals surface area (Å²) in [6.45, 7) is 2.39. The second kappa shape index (κ2) is 39.0. The zero-order chi connectivity index (χ0) is 39.1. The molecule has 0 aliphatic heterocycles. The summed E-state index contributed by atoms with van der Waals surface area (Å²) in [4.78, 5) is 34.9. The van der Waals surface area contributed by atoms with E-state index in [1.807, 2.05) is 0 Å². The average Bonchev–Trinajstić information content (AvgIpc) is 3.14. The minimum absolute atomic E-state index is 0.188. The van der Waals surface area contributed by atoms with Gasteiger partial charge in [-0.05, 0) is 38.5 Å². The monoisotopic (exact) mass is 777 g/mol. The number of hydrogen-bond donors (Lipinski definition) is 3. The van der Waals surface area contributed by atoms with Crippen LogP contribution in [0.15, 0.2) is 12.2 Å². The number of esters is 2. The third-order valence-electron chi connectivity index (χ3n) is 9.42. The molecule has 0 saturated carbocycles. The molecule has 0 aliphatic carbocycles. The minimum atomic E-state index is -4.61. The SMILES string of the molecule is CCCCCCCC/C=C\CCCCCCCC(=O)OCC(COP(=O)(O)OCC(O)CO)OC(=O)CCCCCCCCCCCCCCCCC. The normalized spacial score (nSPS) is 14.0. The van der Waals surface area contributed by atoms with E-state index in [-0.39, 0.29) is 19.4 Å². The molecule has 0 heterocycles. The number of aliphatic hydroxyl groups is 2. The first-order chi connectivity index (χ1) is 25.7. The summed E-state index contributed by atoms with van der Waals surface area (Å²) < 4.78 is 32.7. The molecule has 0 aromatic carbocycles. The Kier molecular flexibility index (Phi) is 38.0. The fraction of sp³-hybridized carbons (Fsp3) is 0.905. The molecule has 314 valence electrons. The molecule has 0 radical (unpaired) electrons. The van der Waals surface area contributed by atoms with E-state index in [2.05, 4.69) is 30.5 Å². The van der Waals surface area contributed by atoms with Crippen molar-refractivity contribution >= 4 is 19.8 Å². The highest BCUT2D eigenvalue weighted by molar-refractivity contribution is 7.47. The quantitative estimate of drug-likeness (QED) is 0.0237. The first-order valence-corrected chi connectivity index (χ1v) is 23.1. The number of phosphoric ester groups is 1. The predicted molar refractivity (Wildman–Crippen MR) is 215 cm³/mol. The number of phosphoric acid groups is 1. The zero-order valence-corrected chi connectivity index (χ0v) is 34.9. The van der Waals surface area contributed by atoms with Crippen molar-refractivity contribution in [2.24, 2.45) is 0 Å². The Morgan fingerprint density at radius 3 is 1.36 bits per heavy atom. The molecule has 0 bridgehead atoms. The molecular weight excluding hydrogens is 695 g/mol. The smallest absolute Gasteiger partial charge is 0.462 e. The lowest BCUT2D eigenvalue weighted by Crippen LogP contribution is -2.29. The summed E-state index contributed by atoms with van der Waals surface area (Å²) in [6.07, 6.45) is 36.0. The van der Waals surface area contributed by atoms with Gasteiger partial charge in [-0.3, -0.25) is 18.6 Å². The topological polar surface area (TPSA) is 149 Å². The van der Waals surface area contributed by atoms with E-state index in [9.17, 15) is 24.2 Å². The summed E-state index contributed by atoms with van der Waals surface area (Å²) in [5.74, 6) is -0.924. The Morgan fingerprint density at radius 2 is 0.925 bits per heavy atom. The molecule has 0 aromatic heterocycles. The molecule has 10 nitrogen and oxygen atoms in total. The lowest BCUT2D eigenvalue weighted by atomic mass is 10.0. The van der Waals surface area contributed by atoms with Gasteiger partial charge in [0.15, 0.2) is 6.10 Å². The van der Waals surface area contributed by atoms with Crippen LogP contribution in [0, 0.1) is 0 Å². The molecule has 0 fully saturated rings. The molecule has 53 heavy (non-hydrogen) atoms. The second-order valence-corrected chi connectivity index (χ2v) is 16.2. The summed E-state index contributed by atoms with van der Waals surface area (Å²) >= 11 is 0. The summed E-state index contributed by atoms with van der Waals surface area (Å²) in [5.41, 5.74) is 0. The van der Waals surface area contributed by atoms with Crippen LogP contribution >= 0.6 is 7.82 Å². The number of unbranched alkanes of at least 4 members (excludes halogenated alkanes) is 25. The zero-order valence-electron chi connectivity index (χ0n) is 34.0. The molecule has 0 saturated heterocycles. The van der Waals surface area contributed by atoms with Crippen molar-refractivity contribution < 1.29 is 47.8 Å². The number of carbonyl (C=O) groups is 2. The van der Waals surface area contributed by atoms with Gasteiger partial charge in [0.2, 0.25) is 0 Å². The maximum atomic E-state index is 12.6. The van der Waals surface area contributed by atoms with Gasteiger partial charge in [-0.15, -0.1) is 0 Å². The molecule has 0 aromatic rings. The van der Waals surface area contributed by atoms with Crippen LogP contribution in [0.3, 0.4) is 0 Å². The summed E-state index contributed by atoms with van der Waals surface area (Å²) in [7, 11) is -4.61. The first-order valence-electron chi connectivity index (χ1n) is 21.6. The van der Waals surface area contributed by atoms with Gasteiger partial charge in [0.1, 0.15) is 12.7 Å². The van der Waals surface area contributed by atoms with Crippen molar-refractivity contribution in [3.63, 3.8) is 0 Å². The minimum Gasteiger partial charge on any atom is -0.462 e. The predicted octanol–water partition coefficient (Wildman–Crippen LogP) is 11.2. The van der Waals surface area contributed by atoms with Gasteiger partial charge >= 0.3 is 19.8 Å². The van der Waals surface area contributed by atoms with Crippen molar-refractivity contribution in [1.29, 1.82) is 0 Å². The highest BCUT2D eigenvalue weighted by atomic mass is 31.2. The van der Waals surface area contributed by atoms with Crippen LogP contribution in [0.1, 0.15) is 206 Å². The number of carbonyl (C=O) groups excluding carboxylic acids is 2. The van der Waals surface area contributed by atoms with Crippen LogP contribution in [0.4, 0.5) is 0 Å². The Hall–Kier alpha value is -1.29. The van der Waals surface area contributed by atoms with Crippen molar-refractivity contribution in [3.8, 4) is 0 Å². The highest BCUT2D eigenvalue weighted by Gasteiger charge is 2.27. The molecule has 3 unspecified atom stereocenters. The molecule has 3 N–H and O–H groups in total. The number of rotatable bonds is 41. The van der Waals surface area contributed by atoms with Crippen LogP contribution in [0.25, 0.3) is 0 Å². The maximum absolute atomic E-state index is 12.6. The van der Waals surface area contributed by atoms with Crippen LogP contribution in [-0.4, -0.2) is 65.7 Å². The summed E-state index contributed by atoms with van der Waals surface area (Å²) in [6, 6.07) is 0. The lowest BCUT2D eigenvalue weighted by molar-refractivity contribution is -0.161. The molecular formula is C42H81O10P. The van der Waals surface area contributed by atoms with Crippen molar-refractivity contribution in [2.45, 2.75) is 219 Å². The third-order valence-corrected chi connectivity index (χ3v) is 10.4. The van der Waals surface area contributed by atoms with Gasteiger partial charge in [-0.25, -0.2) is 4.57 Å². The molecule has 11 heteroatoms. The Bertz CT molecular complexity index is 899. The number of ether oxygens (including phenoxy) is 2. The first kappa shape index (κ1) is 51.7. The standard InChI is InChI=1S/C42H81O10P/c1-3-5-7-9-11-13-15-17-19-21-23-25-27-29-31-33-41(45)49-37-40(38-51-53(47,48)50-36-39(44)35-43)52-42(46)34-32-30-28-26-24-22-20-18-16-14-12-10-8-6-4-2/h17,19,39-40,43-44H,3-16,18,20-38H2,1-2H3,(H,47,48)/b19-17-. The number of hydrogen-bond acceptors (Lipinski definition) is 9. The van der Waals surface area contributed by atoms with Gasteiger partial charge in [-0.1, -0.05) is 167 Å². The van der Waals surface area contributed by atoms with Crippen LogP contribution in [-0.2, 0) is 32.7 Å². The highest BCUT2D eigenvalue weighted by Crippen LogP contribution is 2.43. The van der Waals surface area contributed by atoms with Gasteiger partial charge in [0.25, 0.3) is 0 Å². The van der Waals surface area contributed by atoms with E-state index < -0.39 is 51.8 Å². The summed E-state index contributed by atoms with van der Waals surface area (Å²) in [5, 5.41) is 18.3. The Balaban J connectivity index is 4.28. The fourth-order valence-corrected chi connectivity index (χ4v) is 6.84. The van der Waals surface area contributed by atoms with E-state index >= 15 is 0 Å². The van der Waals surface area contributed by atoms with Crippen LogP contribution in [0.2, 0.25) is 0 Å². The van der Waals surface area contributed by atoms with Crippen molar-refractivity contribution in [1.82, 2.24) is 0 Å². The van der Waals surface area contributed by atoms with Crippen LogP contribution in [0.5, 0.6) is 0 Å². The second-order valence-electron chi connectivity index (χ2n) is 14.7. The van der Waals surface area contributed by atoms with Gasteiger partial charge in [-0.2, -0.15) is 0 Å². The van der Waals surface area contributed by atoms with Gasteiger partial charge < -0.3 is 24.6 Å². The third kappa shape index (κ3) is 38.8. The number of aliphatic hydroxyl groups excluding tert-OH is 2.